The highest BCUT2D eigenvalue weighted by Crippen LogP contribution is 2.31. The Balaban J connectivity index is 1.99. The molecule has 4 nitrogen and oxygen atoms in total. The molecule has 0 saturated heterocycles. The number of rotatable bonds is 4. The van der Waals surface area contributed by atoms with Gasteiger partial charge < -0.3 is 9.63 Å². The van der Waals surface area contributed by atoms with Gasteiger partial charge in [-0.25, -0.2) is 0 Å². The van der Waals surface area contributed by atoms with Crippen molar-refractivity contribution in [1.82, 2.24) is 10.1 Å². The van der Waals surface area contributed by atoms with Gasteiger partial charge in [0.1, 0.15) is 0 Å². The molecule has 0 amide bonds. The summed E-state index contributed by atoms with van der Waals surface area (Å²) in [6.45, 7) is 4.38. The van der Waals surface area contributed by atoms with Gasteiger partial charge in [-0.05, 0) is 25.2 Å². The fraction of sp³-hybridized carbons (Fsp3) is 0.857. The van der Waals surface area contributed by atoms with Gasteiger partial charge in [0, 0.05) is 6.42 Å². The fourth-order valence-electron chi connectivity index (χ4n) is 2.51. The number of aliphatic hydroxyl groups excluding tert-OH is 1. The van der Waals surface area contributed by atoms with E-state index in [0.717, 1.165) is 44.3 Å². The monoisotopic (exact) mass is 252 g/mol. The lowest BCUT2D eigenvalue weighted by molar-refractivity contribution is 0.119. The molecule has 2 unspecified atom stereocenters. The van der Waals surface area contributed by atoms with Crippen LogP contribution in [0.25, 0.3) is 0 Å². The number of aromatic nitrogens is 2. The van der Waals surface area contributed by atoms with E-state index in [0.29, 0.717) is 11.8 Å². The Morgan fingerprint density at radius 3 is 2.83 bits per heavy atom. The molecule has 1 N–H and O–H groups in total. The molecule has 1 aromatic heterocycles. The molecule has 0 bridgehead atoms. The highest BCUT2D eigenvalue weighted by atomic mass is 16.5. The summed E-state index contributed by atoms with van der Waals surface area (Å²) in [6, 6.07) is 0. The minimum atomic E-state index is -0.314. The number of aliphatic hydroxyl groups is 1. The number of aryl methyl sites for hydroxylation is 1. The van der Waals surface area contributed by atoms with Crippen molar-refractivity contribution in [3.63, 3.8) is 0 Å². The molecule has 0 spiro atoms. The molecule has 0 aromatic carbocycles. The largest absolute Gasteiger partial charge is 0.392 e. The third-order valence-corrected chi connectivity index (χ3v) is 3.73. The molecule has 1 aliphatic carbocycles. The fourth-order valence-corrected chi connectivity index (χ4v) is 2.51. The predicted molar refractivity (Wildman–Crippen MR) is 69.3 cm³/mol. The van der Waals surface area contributed by atoms with E-state index in [9.17, 15) is 5.11 Å². The van der Waals surface area contributed by atoms with Gasteiger partial charge in [-0.1, -0.05) is 38.3 Å². The standard InChI is InChI=1S/C14H24N2O2/c1-10(2)8-9-13-15-14(18-16-13)11-6-4-3-5-7-12(11)17/h10-12,17H,3-9H2,1-2H3. The average molecular weight is 252 g/mol. The minimum Gasteiger partial charge on any atom is -0.392 e. The lowest BCUT2D eigenvalue weighted by Crippen LogP contribution is -2.17. The topological polar surface area (TPSA) is 59.2 Å². The summed E-state index contributed by atoms with van der Waals surface area (Å²) in [6.07, 6.45) is 6.89. The molecule has 1 fully saturated rings. The Kier molecular flexibility index (Phi) is 4.75. The summed E-state index contributed by atoms with van der Waals surface area (Å²) < 4.78 is 5.34. The molecule has 4 heteroatoms. The van der Waals surface area contributed by atoms with E-state index in [1.54, 1.807) is 0 Å². The van der Waals surface area contributed by atoms with Crippen LogP contribution in [0, 0.1) is 5.92 Å². The van der Waals surface area contributed by atoms with Gasteiger partial charge >= 0.3 is 0 Å². The van der Waals surface area contributed by atoms with Crippen LogP contribution in [0.4, 0.5) is 0 Å². The Labute approximate surface area is 109 Å². The summed E-state index contributed by atoms with van der Waals surface area (Å²) >= 11 is 0. The van der Waals surface area contributed by atoms with E-state index < -0.39 is 0 Å². The highest BCUT2D eigenvalue weighted by Gasteiger charge is 2.28. The molecule has 1 aromatic rings. The van der Waals surface area contributed by atoms with Gasteiger partial charge in [-0.15, -0.1) is 0 Å². The van der Waals surface area contributed by atoms with Gasteiger partial charge in [0.15, 0.2) is 5.82 Å². The number of nitrogens with zero attached hydrogens (tertiary/aromatic N) is 2. The van der Waals surface area contributed by atoms with Crippen molar-refractivity contribution in [1.29, 1.82) is 0 Å². The molecule has 1 saturated carbocycles. The maximum atomic E-state index is 10.1. The van der Waals surface area contributed by atoms with E-state index in [1.807, 2.05) is 0 Å². The van der Waals surface area contributed by atoms with Crippen molar-refractivity contribution in [2.75, 3.05) is 0 Å². The van der Waals surface area contributed by atoms with Crippen molar-refractivity contribution in [2.45, 2.75) is 70.8 Å². The number of hydrogen-bond donors (Lipinski definition) is 1. The smallest absolute Gasteiger partial charge is 0.232 e. The zero-order valence-corrected chi connectivity index (χ0v) is 11.4. The van der Waals surface area contributed by atoms with Gasteiger partial charge in [0.05, 0.1) is 12.0 Å². The molecule has 0 radical (unpaired) electrons. The first kappa shape index (κ1) is 13.5. The SMILES string of the molecule is CC(C)CCc1noc(C2CCCCCC2O)n1. The molecule has 1 heterocycles. The molecule has 18 heavy (non-hydrogen) atoms. The van der Waals surface area contributed by atoms with Gasteiger partial charge in [-0.3, -0.25) is 0 Å². The van der Waals surface area contributed by atoms with Crippen molar-refractivity contribution in [2.24, 2.45) is 5.92 Å². The van der Waals surface area contributed by atoms with Crippen molar-refractivity contribution < 1.29 is 9.63 Å². The van der Waals surface area contributed by atoms with Crippen molar-refractivity contribution >= 4 is 0 Å². The maximum absolute atomic E-state index is 10.1. The van der Waals surface area contributed by atoms with Crippen LogP contribution in [-0.4, -0.2) is 21.4 Å². The first-order chi connectivity index (χ1) is 8.66. The van der Waals surface area contributed by atoms with Crippen LogP contribution in [0.1, 0.15) is 70.0 Å². The van der Waals surface area contributed by atoms with Gasteiger partial charge in [0.2, 0.25) is 5.89 Å². The minimum absolute atomic E-state index is 0.0489. The van der Waals surface area contributed by atoms with E-state index in [2.05, 4.69) is 24.0 Å². The van der Waals surface area contributed by atoms with E-state index in [-0.39, 0.29) is 12.0 Å². The molecule has 2 atom stereocenters. The molecule has 102 valence electrons. The Morgan fingerprint density at radius 1 is 1.28 bits per heavy atom. The summed E-state index contributed by atoms with van der Waals surface area (Å²) in [5, 5.41) is 14.1. The average Bonchev–Trinajstić information content (AvgIpc) is 2.69. The molecular weight excluding hydrogens is 228 g/mol. The molecular formula is C14H24N2O2. The second-order valence-electron chi connectivity index (χ2n) is 5.79. The first-order valence-corrected chi connectivity index (χ1v) is 7.17. The second-order valence-corrected chi connectivity index (χ2v) is 5.79. The van der Waals surface area contributed by atoms with E-state index in [4.69, 9.17) is 4.52 Å². The molecule has 1 aliphatic rings. The third kappa shape index (κ3) is 3.55. The van der Waals surface area contributed by atoms with Gasteiger partial charge in [0.25, 0.3) is 0 Å². The van der Waals surface area contributed by atoms with E-state index >= 15 is 0 Å². The Hall–Kier alpha value is -0.900. The van der Waals surface area contributed by atoms with Crippen LogP contribution in [0.2, 0.25) is 0 Å². The van der Waals surface area contributed by atoms with Crippen LogP contribution in [0.5, 0.6) is 0 Å². The zero-order valence-electron chi connectivity index (χ0n) is 11.4. The van der Waals surface area contributed by atoms with E-state index in [1.165, 1.54) is 6.42 Å². The van der Waals surface area contributed by atoms with Crippen LogP contribution in [0.15, 0.2) is 4.52 Å². The first-order valence-electron chi connectivity index (χ1n) is 7.17. The lowest BCUT2D eigenvalue weighted by atomic mass is 9.97. The van der Waals surface area contributed by atoms with Crippen LogP contribution in [0.3, 0.4) is 0 Å². The summed E-state index contributed by atoms with van der Waals surface area (Å²) in [4.78, 5) is 4.46. The van der Waals surface area contributed by atoms with Crippen molar-refractivity contribution in [3.05, 3.63) is 11.7 Å². The highest BCUT2D eigenvalue weighted by molar-refractivity contribution is 4.98. The van der Waals surface area contributed by atoms with Crippen LogP contribution >= 0.6 is 0 Å². The molecule has 2 rings (SSSR count). The van der Waals surface area contributed by atoms with Crippen LogP contribution < -0.4 is 0 Å². The van der Waals surface area contributed by atoms with Gasteiger partial charge in [-0.2, -0.15) is 4.98 Å². The maximum Gasteiger partial charge on any atom is 0.232 e. The summed E-state index contributed by atoms with van der Waals surface area (Å²) in [5.74, 6) is 2.13. The summed E-state index contributed by atoms with van der Waals surface area (Å²) in [5.41, 5.74) is 0. The normalized spacial score (nSPS) is 25.3. The predicted octanol–water partition coefficient (Wildman–Crippen LogP) is 3.07. The summed E-state index contributed by atoms with van der Waals surface area (Å²) in [7, 11) is 0. The Bertz CT molecular complexity index is 362. The number of hydrogen-bond acceptors (Lipinski definition) is 4. The second kappa shape index (κ2) is 6.32. The van der Waals surface area contributed by atoms with Crippen molar-refractivity contribution in [3.8, 4) is 0 Å². The molecule has 0 aliphatic heterocycles. The van der Waals surface area contributed by atoms with Crippen LogP contribution in [-0.2, 0) is 6.42 Å². The quantitative estimate of drug-likeness (QED) is 0.837. The lowest BCUT2D eigenvalue weighted by Gasteiger charge is -2.15. The zero-order chi connectivity index (χ0) is 13.0. The third-order valence-electron chi connectivity index (χ3n) is 3.73. The Morgan fingerprint density at radius 2 is 2.06 bits per heavy atom.